The average Bonchev–Trinajstić information content (AvgIpc) is 2.28. The van der Waals surface area contributed by atoms with Crippen molar-refractivity contribution in [3.63, 3.8) is 0 Å². The fourth-order valence-electron chi connectivity index (χ4n) is 1.39. The predicted molar refractivity (Wildman–Crippen MR) is 60.3 cm³/mol. The summed E-state index contributed by atoms with van der Waals surface area (Å²) in [4.78, 5) is 21.4. The van der Waals surface area contributed by atoms with Gasteiger partial charge in [0.25, 0.3) is 0 Å². The van der Waals surface area contributed by atoms with Crippen LogP contribution in [0.25, 0.3) is 0 Å². The monoisotopic (exact) mass is 239 g/mol. The Labute approximate surface area is 97.7 Å². The van der Waals surface area contributed by atoms with Crippen molar-refractivity contribution in [2.45, 2.75) is 26.2 Å². The number of ketones is 1. The van der Waals surface area contributed by atoms with Crippen molar-refractivity contribution in [2.24, 2.45) is 0 Å². The summed E-state index contributed by atoms with van der Waals surface area (Å²) in [7, 11) is 0. The first-order chi connectivity index (χ1) is 7.97. The van der Waals surface area contributed by atoms with E-state index in [2.05, 4.69) is 0 Å². The molecule has 0 saturated carbocycles. The van der Waals surface area contributed by atoms with Crippen LogP contribution in [0.4, 0.5) is 5.69 Å². The largest absolute Gasteiger partial charge is 0.504 e. The highest BCUT2D eigenvalue weighted by Crippen LogP contribution is 2.36. The maximum atomic E-state index is 11.6. The van der Waals surface area contributed by atoms with Crippen LogP contribution in [0.5, 0.6) is 11.5 Å². The number of benzene rings is 1. The fourth-order valence-corrected chi connectivity index (χ4v) is 1.39. The zero-order valence-electron chi connectivity index (χ0n) is 9.34. The molecule has 6 heteroatoms. The molecule has 1 rings (SSSR count). The highest BCUT2D eigenvalue weighted by molar-refractivity contribution is 5.97. The Kier molecular flexibility index (Phi) is 4.03. The normalized spacial score (nSPS) is 10.2. The topological polar surface area (TPSA) is 101 Å². The summed E-state index contributed by atoms with van der Waals surface area (Å²) >= 11 is 0. The van der Waals surface area contributed by atoms with Crippen molar-refractivity contribution in [2.75, 3.05) is 0 Å². The zero-order chi connectivity index (χ0) is 13.0. The summed E-state index contributed by atoms with van der Waals surface area (Å²) in [5.74, 6) is -1.76. The number of carbonyl (C=O) groups excluding carboxylic acids is 1. The lowest BCUT2D eigenvalue weighted by Gasteiger charge is -2.03. The van der Waals surface area contributed by atoms with Gasteiger partial charge < -0.3 is 10.2 Å². The lowest BCUT2D eigenvalue weighted by Crippen LogP contribution is -2.00. The molecule has 1 aromatic carbocycles. The number of nitro benzene ring substituents is 1. The smallest absolute Gasteiger partial charge is 0.315 e. The van der Waals surface area contributed by atoms with E-state index in [-0.39, 0.29) is 17.8 Å². The molecule has 2 N–H and O–H groups in total. The quantitative estimate of drug-likeness (QED) is 0.355. The van der Waals surface area contributed by atoms with E-state index in [1.165, 1.54) is 0 Å². The van der Waals surface area contributed by atoms with Gasteiger partial charge in [-0.15, -0.1) is 0 Å². The Morgan fingerprint density at radius 2 is 2.06 bits per heavy atom. The van der Waals surface area contributed by atoms with Crippen LogP contribution in [0.1, 0.15) is 36.5 Å². The first kappa shape index (κ1) is 13.0. The predicted octanol–water partition coefficient (Wildman–Crippen LogP) is 2.38. The minimum absolute atomic E-state index is 0.0421. The van der Waals surface area contributed by atoms with Crippen molar-refractivity contribution in [3.05, 3.63) is 27.8 Å². The van der Waals surface area contributed by atoms with Crippen molar-refractivity contribution in [1.82, 2.24) is 0 Å². The molecule has 0 aromatic heterocycles. The van der Waals surface area contributed by atoms with Crippen LogP contribution in [0, 0.1) is 10.1 Å². The van der Waals surface area contributed by atoms with E-state index in [1.54, 1.807) is 0 Å². The Morgan fingerprint density at radius 3 is 2.59 bits per heavy atom. The molecular formula is C11H13NO5. The number of nitro groups is 1. The van der Waals surface area contributed by atoms with E-state index in [1.807, 2.05) is 6.92 Å². The molecule has 92 valence electrons. The lowest BCUT2D eigenvalue weighted by atomic mass is 10.0. The number of hydrogen-bond donors (Lipinski definition) is 2. The standard InChI is InChI=1S/C11H13NO5/c1-2-3-4-9(13)7-5-8(12(16)17)11(15)10(14)6-7/h5-6,14-15H,2-4H2,1H3. The van der Waals surface area contributed by atoms with E-state index < -0.39 is 22.1 Å². The highest BCUT2D eigenvalue weighted by atomic mass is 16.6. The van der Waals surface area contributed by atoms with Gasteiger partial charge in [0.15, 0.2) is 11.5 Å². The number of rotatable bonds is 5. The molecule has 0 radical (unpaired) electrons. The van der Waals surface area contributed by atoms with E-state index in [9.17, 15) is 25.1 Å². The number of phenolic OH excluding ortho intramolecular Hbond substituents is 2. The van der Waals surface area contributed by atoms with E-state index in [0.717, 1.165) is 18.6 Å². The molecule has 6 nitrogen and oxygen atoms in total. The van der Waals surface area contributed by atoms with Crippen LogP contribution in [0.2, 0.25) is 0 Å². The summed E-state index contributed by atoms with van der Waals surface area (Å²) in [5.41, 5.74) is -0.620. The molecule has 0 bridgehead atoms. The third-order valence-electron chi connectivity index (χ3n) is 2.35. The molecule has 17 heavy (non-hydrogen) atoms. The Hall–Kier alpha value is -2.11. The molecule has 0 fully saturated rings. The first-order valence-corrected chi connectivity index (χ1v) is 5.21. The van der Waals surface area contributed by atoms with Crippen LogP contribution in [0.3, 0.4) is 0 Å². The number of nitrogens with zero attached hydrogens (tertiary/aromatic N) is 1. The Balaban J connectivity index is 3.10. The van der Waals surface area contributed by atoms with Gasteiger partial charge in [0.1, 0.15) is 0 Å². The maximum Gasteiger partial charge on any atom is 0.315 e. The molecule has 0 heterocycles. The molecule has 1 aromatic rings. The van der Waals surface area contributed by atoms with Gasteiger partial charge >= 0.3 is 5.69 Å². The average molecular weight is 239 g/mol. The number of phenols is 2. The molecule has 0 atom stereocenters. The summed E-state index contributed by atoms with van der Waals surface area (Å²) in [5, 5.41) is 29.1. The number of Topliss-reactive ketones (excluding diaryl/α,β-unsaturated/α-hetero) is 1. The van der Waals surface area contributed by atoms with Crippen molar-refractivity contribution in [3.8, 4) is 11.5 Å². The minimum Gasteiger partial charge on any atom is -0.504 e. The van der Waals surface area contributed by atoms with Gasteiger partial charge in [-0.3, -0.25) is 14.9 Å². The molecule has 0 amide bonds. The van der Waals surface area contributed by atoms with Gasteiger partial charge in [-0.25, -0.2) is 0 Å². The summed E-state index contributed by atoms with van der Waals surface area (Å²) in [6.45, 7) is 1.92. The van der Waals surface area contributed by atoms with Gasteiger partial charge in [-0.05, 0) is 12.5 Å². The SMILES string of the molecule is CCCCC(=O)c1cc(O)c(O)c([N+](=O)[O-])c1. The number of carbonyl (C=O) groups is 1. The summed E-state index contributed by atoms with van der Waals surface area (Å²) in [6, 6.07) is 2.02. The lowest BCUT2D eigenvalue weighted by molar-refractivity contribution is -0.386. The van der Waals surface area contributed by atoms with Crippen LogP contribution >= 0.6 is 0 Å². The van der Waals surface area contributed by atoms with E-state index in [0.29, 0.717) is 6.42 Å². The van der Waals surface area contributed by atoms with Crippen LogP contribution in [-0.4, -0.2) is 20.9 Å². The molecule has 0 aliphatic heterocycles. The highest BCUT2D eigenvalue weighted by Gasteiger charge is 2.21. The molecule has 0 saturated heterocycles. The second-order valence-electron chi connectivity index (χ2n) is 3.65. The Bertz CT molecular complexity index is 455. The van der Waals surface area contributed by atoms with Crippen LogP contribution in [-0.2, 0) is 0 Å². The maximum absolute atomic E-state index is 11.6. The third-order valence-corrected chi connectivity index (χ3v) is 2.35. The molecule has 0 aliphatic rings. The van der Waals surface area contributed by atoms with E-state index >= 15 is 0 Å². The second kappa shape index (κ2) is 5.29. The fraction of sp³-hybridized carbons (Fsp3) is 0.364. The van der Waals surface area contributed by atoms with Crippen molar-refractivity contribution < 1.29 is 19.9 Å². The zero-order valence-corrected chi connectivity index (χ0v) is 9.34. The van der Waals surface area contributed by atoms with Gasteiger partial charge in [0.05, 0.1) is 4.92 Å². The molecule has 0 aliphatic carbocycles. The van der Waals surface area contributed by atoms with Crippen molar-refractivity contribution >= 4 is 11.5 Å². The molecule has 0 spiro atoms. The van der Waals surface area contributed by atoms with Gasteiger partial charge in [-0.1, -0.05) is 13.3 Å². The third kappa shape index (κ3) is 2.93. The molecular weight excluding hydrogens is 226 g/mol. The van der Waals surface area contributed by atoms with Gasteiger partial charge in [0.2, 0.25) is 5.75 Å². The summed E-state index contributed by atoms with van der Waals surface area (Å²) in [6.07, 6.45) is 1.77. The Morgan fingerprint density at radius 1 is 1.41 bits per heavy atom. The second-order valence-corrected chi connectivity index (χ2v) is 3.65. The summed E-state index contributed by atoms with van der Waals surface area (Å²) < 4.78 is 0. The minimum atomic E-state index is -0.842. The van der Waals surface area contributed by atoms with Crippen molar-refractivity contribution in [1.29, 1.82) is 0 Å². The number of unbranched alkanes of at least 4 members (excludes halogenated alkanes) is 1. The number of hydrogen-bond acceptors (Lipinski definition) is 5. The first-order valence-electron chi connectivity index (χ1n) is 5.21. The van der Waals surface area contributed by atoms with Crippen LogP contribution in [0.15, 0.2) is 12.1 Å². The van der Waals surface area contributed by atoms with Crippen LogP contribution < -0.4 is 0 Å². The van der Waals surface area contributed by atoms with E-state index in [4.69, 9.17) is 0 Å². The van der Waals surface area contributed by atoms with Gasteiger partial charge in [-0.2, -0.15) is 0 Å². The number of aromatic hydroxyl groups is 2. The molecule has 0 unspecified atom stereocenters. The van der Waals surface area contributed by atoms with Gasteiger partial charge in [0, 0.05) is 18.1 Å².